The molecule has 0 spiro atoms. The van der Waals surface area contributed by atoms with E-state index in [1.54, 1.807) is 6.20 Å². The van der Waals surface area contributed by atoms with Gasteiger partial charge in [0.25, 0.3) is 0 Å². The Bertz CT molecular complexity index is 485. The molecule has 1 heterocycles. The van der Waals surface area contributed by atoms with Crippen LogP contribution in [0.25, 0.3) is 11.1 Å². The lowest BCUT2D eigenvalue weighted by Gasteiger charge is -2.00. The fourth-order valence-electron chi connectivity index (χ4n) is 1.28. The molecule has 0 saturated heterocycles. The third-order valence-corrected chi connectivity index (χ3v) is 2.26. The SMILES string of the molecule is Cc1ccc(-c2cn[nH]c(=S)c2)cc1. The van der Waals surface area contributed by atoms with E-state index in [0.29, 0.717) is 4.64 Å². The van der Waals surface area contributed by atoms with Crippen molar-refractivity contribution in [2.75, 3.05) is 0 Å². The van der Waals surface area contributed by atoms with Crippen LogP contribution in [0, 0.1) is 11.6 Å². The average Bonchev–Trinajstić information content (AvgIpc) is 2.19. The molecule has 2 nitrogen and oxygen atoms in total. The van der Waals surface area contributed by atoms with Crippen LogP contribution in [-0.4, -0.2) is 10.2 Å². The van der Waals surface area contributed by atoms with E-state index in [0.717, 1.165) is 11.1 Å². The van der Waals surface area contributed by atoms with Gasteiger partial charge in [0, 0.05) is 5.56 Å². The first kappa shape index (κ1) is 9.09. The van der Waals surface area contributed by atoms with Crippen LogP contribution in [-0.2, 0) is 0 Å². The largest absolute Gasteiger partial charge is 0.268 e. The van der Waals surface area contributed by atoms with Crippen molar-refractivity contribution >= 4 is 12.2 Å². The van der Waals surface area contributed by atoms with Gasteiger partial charge in [-0.15, -0.1) is 0 Å². The zero-order valence-corrected chi connectivity index (χ0v) is 8.64. The predicted octanol–water partition coefficient (Wildman–Crippen LogP) is 3.11. The molecule has 0 amide bonds. The molecule has 0 aliphatic rings. The summed E-state index contributed by atoms with van der Waals surface area (Å²) in [6, 6.07) is 10.2. The Hall–Kier alpha value is -1.48. The lowest BCUT2D eigenvalue weighted by molar-refractivity contribution is 1.02. The number of benzene rings is 1. The monoisotopic (exact) mass is 202 g/mol. The van der Waals surface area contributed by atoms with E-state index < -0.39 is 0 Å². The van der Waals surface area contributed by atoms with Crippen molar-refractivity contribution in [1.82, 2.24) is 10.2 Å². The Morgan fingerprint density at radius 1 is 1.14 bits per heavy atom. The van der Waals surface area contributed by atoms with Gasteiger partial charge in [0.15, 0.2) is 0 Å². The smallest absolute Gasteiger partial charge is 0.120 e. The normalized spacial score (nSPS) is 10.1. The highest BCUT2D eigenvalue weighted by Gasteiger charge is 1.96. The van der Waals surface area contributed by atoms with Crippen LogP contribution in [0.2, 0.25) is 0 Å². The van der Waals surface area contributed by atoms with E-state index in [1.165, 1.54) is 5.56 Å². The van der Waals surface area contributed by atoms with Gasteiger partial charge in [0.2, 0.25) is 0 Å². The minimum atomic E-state index is 0.656. The molecule has 0 aliphatic heterocycles. The summed E-state index contributed by atoms with van der Waals surface area (Å²) in [7, 11) is 0. The number of hydrogen-bond donors (Lipinski definition) is 1. The Labute approximate surface area is 87.6 Å². The topological polar surface area (TPSA) is 28.7 Å². The molecule has 3 heteroatoms. The zero-order valence-electron chi connectivity index (χ0n) is 7.82. The molecular formula is C11H10N2S. The first-order valence-corrected chi connectivity index (χ1v) is 4.78. The highest BCUT2D eigenvalue weighted by atomic mass is 32.1. The third-order valence-electron chi connectivity index (χ3n) is 2.05. The minimum Gasteiger partial charge on any atom is -0.268 e. The van der Waals surface area contributed by atoms with E-state index in [4.69, 9.17) is 12.2 Å². The Morgan fingerprint density at radius 3 is 2.50 bits per heavy atom. The number of rotatable bonds is 1. The van der Waals surface area contributed by atoms with Gasteiger partial charge in [-0.3, -0.25) is 5.10 Å². The van der Waals surface area contributed by atoms with Crippen LogP contribution >= 0.6 is 12.2 Å². The number of hydrogen-bond acceptors (Lipinski definition) is 2. The molecule has 1 aromatic heterocycles. The maximum atomic E-state index is 5.01. The minimum absolute atomic E-state index is 0.656. The Morgan fingerprint density at radius 2 is 1.86 bits per heavy atom. The van der Waals surface area contributed by atoms with Gasteiger partial charge in [-0.2, -0.15) is 5.10 Å². The zero-order chi connectivity index (χ0) is 9.97. The summed E-state index contributed by atoms with van der Waals surface area (Å²) >= 11 is 5.01. The molecule has 0 radical (unpaired) electrons. The number of aryl methyl sites for hydroxylation is 1. The van der Waals surface area contributed by atoms with Gasteiger partial charge in [-0.25, -0.2) is 0 Å². The maximum Gasteiger partial charge on any atom is 0.120 e. The van der Waals surface area contributed by atoms with Crippen LogP contribution < -0.4 is 0 Å². The Balaban J connectivity index is 2.50. The van der Waals surface area contributed by atoms with E-state index in [2.05, 4.69) is 41.4 Å². The predicted molar refractivity (Wildman–Crippen MR) is 59.6 cm³/mol. The quantitative estimate of drug-likeness (QED) is 0.720. The Kier molecular flexibility index (Phi) is 2.41. The molecule has 2 rings (SSSR count). The van der Waals surface area contributed by atoms with Gasteiger partial charge in [-0.1, -0.05) is 42.0 Å². The molecular weight excluding hydrogens is 192 g/mol. The van der Waals surface area contributed by atoms with Crippen LogP contribution in [0.5, 0.6) is 0 Å². The van der Waals surface area contributed by atoms with Crippen LogP contribution in [0.3, 0.4) is 0 Å². The van der Waals surface area contributed by atoms with Gasteiger partial charge in [0.05, 0.1) is 6.20 Å². The van der Waals surface area contributed by atoms with Gasteiger partial charge in [-0.05, 0) is 18.6 Å². The summed E-state index contributed by atoms with van der Waals surface area (Å²) in [5.74, 6) is 0. The highest BCUT2D eigenvalue weighted by Crippen LogP contribution is 2.17. The second-order valence-electron chi connectivity index (χ2n) is 3.20. The molecule has 0 bridgehead atoms. The fraction of sp³-hybridized carbons (Fsp3) is 0.0909. The summed E-state index contributed by atoms with van der Waals surface area (Å²) in [5, 5.41) is 6.67. The molecule has 14 heavy (non-hydrogen) atoms. The molecule has 0 aliphatic carbocycles. The number of aromatic nitrogens is 2. The lowest BCUT2D eigenvalue weighted by Crippen LogP contribution is -1.84. The van der Waals surface area contributed by atoms with Crippen LogP contribution in [0.15, 0.2) is 36.5 Å². The van der Waals surface area contributed by atoms with Gasteiger partial charge in [0.1, 0.15) is 4.64 Å². The van der Waals surface area contributed by atoms with E-state index in [-0.39, 0.29) is 0 Å². The molecule has 2 aromatic rings. The second-order valence-corrected chi connectivity index (χ2v) is 3.64. The van der Waals surface area contributed by atoms with E-state index in [9.17, 15) is 0 Å². The second kappa shape index (κ2) is 3.72. The van der Waals surface area contributed by atoms with Crippen molar-refractivity contribution < 1.29 is 0 Å². The first-order valence-electron chi connectivity index (χ1n) is 4.37. The molecule has 0 saturated carbocycles. The highest BCUT2D eigenvalue weighted by molar-refractivity contribution is 7.71. The third kappa shape index (κ3) is 1.88. The van der Waals surface area contributed by atoms with Crippen molar-refractivity contribution in [2.24, 2.45) is 0 Å². The van der Waals surface area contributed by atoms with Crippen molar-refractivity contribution in [3.63, 3.8) is 0 Å². The molecule has 70 valence electrons. The van der Waals surface area contributed by atoms with Crippen LogP contribution in [0.4, 0.5) is 0 Å². The van der Waals surface area contributed by atoms with E-state index in [1.807, 2.05) is 6.07 Å². The van der Waals surface area contributed by atoms with E-state index >= 15 is 0 Å². The number of nitrogens with zero attached hydrogens (tertiary/aromatic N) is 1. The fourth-order valence-corrected chi connectivity index (χ4v) is 1.46. The van der Waals surface area contributed by atoms with Gasteiger partial charge < -0.3 is 0 Å². The van der Waals surface area contributed by atoms with Crippen molar-refractivity contribution in [3.8, 4) is 11.1 Å². The average molecular weight is 202 g/mol. The molecule has 0 atom stereocenters. The van der Waals surface area contributed by atoms with Gasteiger partial charge >= 0.3 is 0 Å². The summed E-state index contributed by atoms with van der Waals surface area (Å²) in [4.78, 5) is 0. The molecule has 0 unspecified atom stereocenters. The summed E-state index contributed by atoms with van der Waals surface area (Å²) < 4.78 is 0.656. The van der Waals surface area contributed by atoms with Crippen molar-refractivity contribution in [2.45, 2.75) is 6.92 Å². The molecule has 1 aromatic carbocycles. The van der Waals surface area contributed by atoms with Crippen LogP contribution in [0.1, 0.15) is 5.56 Å². The summed E-state index contributed by atoms with van der Waals surface area (Å²) in [5.41, 5.74) is 3.44. The molecule has 0 fully saturated rings. The van der Waals surface area contributed by atoms with Crippen molar-refractivity contribution in [3.05, 3.63) is 46.7 Å². The lowest BCUT2D eigenvalue weighted by atomic mass is 10.1. The molecule has 1 N–H and O–H groups in total. The number of H-pyrrole nitrogens is 1. The number of aromatic amines is 1. The standard InChI is InChI=1S/C11H10N2S/c1-8-2-4-9(5-3-8)10-6-11(14)13-12-7-10/h2-7H,1H3,(H,13,14). The first-order chi connectivity index (χ1) is 6.75. The number of nitrogens with one attached hydrogen (secondary N) is 1. The maximum absolute atomic E-state index is 5.01. The summed E-state index contributed by atoms with van der Waals surface area (Å²) in [6.07, 6.45) is 1.78. The summed E-state index contributed by atoms with van der Waals surface area (Å²) in [6.45, 7) is 2.07. The van der Waals surface area contributed by atoms with Crippen molar-refractivity contribution in [1.29, 1.82) is 0 Å².